The number of rotatable bonds is 9. The Kier molecular flexibility index (Phi) is 8.72. The Morgan fingerprint density at radius 3 is 2.54 bits per heavy atom. The second-order valence-corrected chi connectivity index (χ2v) is 7.54. The van der Waals surface area contributed by atoms with Crippen molar-refractivity contribution in [3.8, 4) is 11.5 Å². The van der Waals surface area contributed by atoms with Crippen LogP contribution in [-0.2, 0) is 0 Å². The van der Waals surface area contributed by atoms with Crippen LogP contribution in [0.15, 0.2) is 41.8 Å². The number of hydrogen-bond acceptors (Lipinski definition) is 5. The number of thiophene rings is 1. The summed E-state index contributed by atoms with van der Waals surface area (Å²) in [6.07, 6.45) is 4.60. The molecule has 2 unspecified atom stereocenters. The molecule has 1 aromatic heterocycles. The first kappa shape index (κ1) is 21.0. The van der Waals surface area contributed by atoms with Crippen LogP contribution < -0.4 is 14.8 Å². The lowest BCUT2D eigenvalue weighted by Crippen LogP contribution is -2.36. The first-order valence-electron chi connectivity index (χ1n) is 8.98. The van der Waals surface area contributed by atoms with Crippen molar-refractivity contribution in [2.24, 2.45) is 5.92 Å². The van der Waals surface area contributed by atoms with Gasteiger partial charge >= 0.3 is 0 Å². The number of hydrogen-bond donors (Lipinski definition) is 2. The molecule has 1 aliphatic rings. The van der Waals surface area contributed by atoms with Gasteiger partial charge in [0.25, 0.3) is 0 Å². The van der Waals surface area contributed by atoms with Crippen molar-refractivity contribution in [3.63, 3.8) is 0 Å². The van der Waals surface area contributed by atoms with E-state index < -0.39 is 6.10 Å². The summed E-state index contributed by atoms with van der Waals surface area (Å²) >= 11 is 1.79. The van der Waals surface area contributed by atoms with E-state index in [1.54, 1.807) is 18.4 Å². The minimum absolute atomic E-state index is 0. The van der Waals surface area contributed by atoms with Gasteiger partial charge in [0.05, 0.1) is 7.11 Å². The van der Waals surface area contributed by atoms with E-state index in [0.717, 1.165) is 0 Å². The molecule has 2 N–H and O–H groups in total. The van der Waals surface area contributed by atoms with E-state index in [2.05, 4.69) is 22.8 Å². The van der Waals surface area contributed by atoms with Crippen molar-refractivity contribution in [3.05, 3.63) is 46.7 Å². The van der Waals surface area contributed by atoms with Crippen LogP contribution in [0.5, 0.6) is 11.5 Å². The van der Waals surface area contributed by atoms with Gasteiger partial charge in [0.2, 0.25) is 0 Å². The van der Waals surface area contributed by atoms with Gasteiger partial charge in [-0.05, 0) is 42.3 Å². The number of halogens is 1. The minimum Gasteiger partial charge on any atom is -0.493 e. The maximum absolute atomic E-state index is 10.3. The number of ether oxygens (including phenoxy) is 2. The molecule has 144 valence electrons. The molecule has 1 saturated carbocycles. The normalized spacial score (nSPS) is 16.7. The summed E-state index contributed by atoms with van der Waals surface area (Å²) in [4.78, 5) is 1.37. The molecule has 6 heteroatoms. The molecule has 0 aliphatic heterocycles. The van der Waals surface area contributed by atoms with Crippen LogP contribution in [0.25, 0.3) is 0 Å². The van der Waals surface area contributed by atoms with Crippen molar-refractivity contribution in [1.82, 2.24) is 5.32 Å². The zero-order valence-corrected chi connectivity index (χ0v) is 16.7. The summed E-state index contributed by atoms with van der Waals surface area (Å²) in [5.74, 6) is 2.01. The van der Waals surface area contributed by atoms with E-state index in [9.17, 15) is 5.11 Å². The summed E-state index contributed by atoms with van der Waals surface area (Å²) < 4.78 is 11.0. The van der Waals surface area contributed by atoms with Crippen molar-refractivity contribution < 1.29 is 14.6 Å². The van der Waals surface area contributed by atoms with Gasteiger partial charge in [0.15, 0.2) is 11.5 Å². The van der Waals surface area contributed by atoms with Crippen LogP contribution in [0.3, 0.4) is 0 Å². The first-order chi connectivity index (χ1) is 12.3. The number of nitrogens with one attached hydrogen (secondary N) is 1. The minimum atomic E-state index is -0.561. The second-order valence-electron chi connectivity index (χ2n) is 6.56. The van der Waals surface area contributed by atoms with Crippen LogP contribution >= 0.6 is 23.7 Å². The Balaban J connectivity index is 0.00000243. The highest BCUT2D eigenvalue weighted by Crippen LogP contribution is 2.37. The van der Waals surface area contributed by atoms with Crippen molar-refractivity contribution in [2.45, 2.75) is 37.8 Å². The Morgan fingerprint density at radius 1 is 1.15 bits per heavy atom. The number of aliphatic hydroxyl groups is 1. The lowest BCUT2D eigenvalue weighted by molar-refractivity contribution is 0.0993. The molecule has 3 rings (SSSR count). The highest BCUT2D eigenvalue weighted by molar-refractivity contribution is 7.10. The van der Waals surface area contributed by atoms with Crippen molar-refractivity contribution >= 4 is 23.7 Å². The van der Waals surface area contributed by atoms with Crippen LogP contribution in [-0.4, -0.2) is 31.5 Å². The molecule has 1 aliphatic carbocycles. The molecule has 0 bridgehead atoms. The summed E-state index contributed by atoms with van der Waals surface area (Å²) in [6.45, 7) is 0.767. The monoisotopic (exact) mass is 397 g/mol. The molecular formula is C20H28ClNO3S. The summed E-state index contributed by atoms with van der Waals surface area (Å²) in [6, 6.07) is 12.1. The predicted molar refractivity (Wildman–Crippen MR) is 109 cm³/mol. The number of methoxy groups -OCH3 is 1. The van der Waals surface area contributed by atoms with E-state index >= 15 is 0 Å². The van der Waals surface area contributed by atoms with E-state index in [1.807, 2.05) is 24.3 Å². The van der Waals surface area contributed by atoms with Gasteiger partial charge in [-0.15, -0.1) is 23.7 Å². The lowest BCUT2D eigenvalue weighted by Gasteiger charge is -2.25. The summed E-state index contributed by atoms with van der Waals surface area (Å²) in [7, 11) is 1.62. The molecule has 1 heterocycles. The van der Waals surface area contributed by atoms with Crippen LogP contribution in [0, 0.1) is 5.92 Å². The SMILES string of the molecule is COc1ccccc1OCC(O)CNC(c1cccs1)C1CCCC1.Cl. The fourth-order valence-corrected chi connectivity index (χ4v) is 4.40. The van der Waals surface area contributed by atoms with Crippen molar-refractivity contribution in [1.29, 1.82) is 0 Å². The third kappa shape index (κ3) is 5.61. The lowest BCUT2D eigenvalue weighted by atomic mass is 9.96. The summed E-state index contributed by atoms with van der Waals surface area (Å²) in [5, 5.41) is 16.0. The number of aliphatic hydroxyl groups excluding tert-OH is 1. The Labute approximate surface area is 165 Å². The average molecular weight is 398 g/mol. The third-order valence-corrected chi connectivity index (χ3v) is 5.75. The fraction of sp³-hybridized carbons (Fsp3) is 0.500. The molecule has 0 spiro atoms. The standard InChI is InChI=1S/C20H27NO3S.ClH/c1-23-17-9-4-5-10-18(17)24-14-16(22)13-21-20(15-7-2-3-8-15)19-11-6-12-25-19;/h4-6,9-12,15-16,20-22H,2-3,7-8,13-14H2,1H3;1H. The molecule has 0 saturated heterocycles. The van der Waals surface area contributed by atoms with Gasteiger partial charge in [-0.1, -0.05) is 31.0 Å². The smallest absolute Gasteiger partial charge is 0.161 e. The van der Waals surface area contributed by atoms with Gasteiger partial charge in [-0.2, -0.15) is 0 Å². The topological polar surface area (TPSA) is 50.7 Å². The van der Waals surface area contributed by atoms with Gasteiger partial charge in [-0.3, -0.25) is 0 Å². The van der Waals surface area contributed by atoms with E-state index in [4.69, 9.17) is 9.47 Å². The Bertz CT molecular complexity index is 632. The average Bonchev–Trinajstić information content (AvgIpc) is 3.35. The zero-order valence-electron chi connectivity index (χ0n) is 15.1. The molecule has 2 atom stereocenters. The van der Waals surface area contributed by atoms with Crippen LogP contribution in [0.2, 0.25) is 0 Å². The Morgan fingerprint density at radius 2 is 1.88 bits per heavy atom. The largest absolute Gasteiger partial charge is 0.493 e. The number of benzene rings is 1. The highest BCUT2D eigenvalue weighted by Gasteiger charge is 2.27. The molecule has 4 nitrogen and oxygen atoms in total. The van der Waals surface area contributed by atoms with Gasteiger partial charge in [-0.25, -0.2) is 0 Å². The summed E-state index contributed by atoms with van der Waals surface area (Å²) in [5.41, 5.74) is 0. The van der Waals surface area contributed by atoms with Crippen LogP contribution in [0.1, 0.15) is 36.6 Å². The quantitative estimate of drug-likeness (QED) is 0.656. The highest BCUT2D eigenvalue weighted by atomic mass is 35.5. The second kappa shape index (κ2) is 10.8. The molecular weight excluding hydrogens is 370 g/mol. The predicted octanol–water partition coefficient (Wildman–Crippen LogP) is 4.44. The maximum atomic E-state index is 10.3. The number of para-hydroxylation sites is 2. The molecule has 1 fully saturated rings. The van der Waals surface area contributed by atoms with Gasteiger partial charge in [0, 0.05) is 17.5 Å². The molecule has 0 amide bonds. The van der Waals surface area contributed by atoms with E-state index in [0.29, 0.717) is 30.0 Å². The molecule has 1 aromatic carbocycles. The van der Waals surface area contributed by atoms with Gasteiger partial charge < -0.3 is 19.9 Å². The maximum Gasteiger partial charge on any atom is 0.161 e. The van der Waals surface area contributed by atoms with E-state index in [-0.39, 0.29) is 19.0 Å². The van der Waals surface area contributed by atoms with Crippen molar-refractivity contribution in [2.75, 3.05) is 20.3 Å². The van der Waals surface area contributed by atoms with Crippen LogP contribution in [0.4, 0.5) is 0 Å². The third-order valence-electron chi connectivity index (χ3n) is 4.79. The Hall–Kier alpha value is -1.27. The van der Waals surface area contributed by atoms with Gasteiger partial charge in [0.1, 0.15) is 12.7 Å². The first-order valence-corrected chi connectivity index (χ1v) is 9.86. The molecule has 2 aromatic rings. The fourth-order valence-electron chi connectivity index (χ4n) is 3.50. The van der Waals surface area contributed by atoms with E-state index in [1.165, 1.54) is 30.6 Å². The molecule has 0 radical (unpaired) electrons. The zero-order chi connectivity index (χ0) is 17.5. The molecule has 26 heavy (non-hydrogen) atoms.